The van der Waals surface area contributed by atoms with Gasteiger partial charge in [-0.1, -0.05) is 30.3 Å². The molecule has 0 aromatic heterocycles. The minimum Gasteiger partial charge on any atom is -0.465 e. The highest BCUT2D eigenvalue weighted by Crippen LogP contribution is 2.19. The van der Waals surface area contributed by atoms with Crippen LogP contribution in [0.3, 0.4) is 0 Å². The van der Waals surface area contributed by atoms with Gasteiger partial charge in [0.15, 0.2) is 5.78 Å². The fourth-order valence-corrected chi connectivity index (χ4v) is 2.14. The molecule has 2 unspecified atom stereocenters. The summed E-state index contributed by atoms with van der Waals surface area (Å²) in [5.74, 6) is -1.82. The van der Waals surface area contributed by atoms with Crippen LogP contribution in [0.5, 0.6) is 0 Å². The third kappa shape index (κ3) is 3.43. The first-order chi connectivity index (χ1) is 9.74. The fourth-order valence-electron chi connectivity index (χ4n) is 2.14. The molecule has 0 spiro atoms. The maximum Gasteiger partial charge on any atom is 0.319 e. The molecule has 0 bridgehead atoms. The van der Waals surface area contributed by atoms with Gasteiger partial charge in [-0.25, -0.2) is 0 Å². The number of carbonyl (C=O) groups is 2. The summed E-state index contributed by atoms with van der Waals surface area (Å²) >= 11 is 0. The third-order valence-electron chi connectivity index (χ3n) is 3.09. The first-order valence-electron chi connectivity index (χ1n) is 6.69. The van der Waals surface area contributed by atoms with Gasteiger partial charge in [0, 0.05) is 5.56 Å². The SMILES string of the molecule is CCOC(=O)C(C(=O)c1ccccc1)C1COCCO1. The van der Waals surface area contributed by atoms with Gasteiger partial charge in [-0.05, 0) is 6.92 Å². The molecule has 0 radical (unpaired) electrons. The molecule has 1 aromatic rings. The monoisotopic (exact) mass is 278 g/mol. The van der Waals surface area contributed by atoms with Crippen molar-refractivity contribution in [3.63, 3.8) is 0 Å². The van der Waals surface area contributed by atoms with Crippen LogP contribution in [0.2, 0.25) is 0 Å². The summed E-state index contributed by atoms with van der Waals surface area (Å²) in [5.41, 5.74) is 0.472. The first-order valence-corrected chi connectivity index (χ1v) is 6.69. The smallest absolute Gasteiger partial charge is 0.319 e. The second kappa shape index (κ2) is 7.17. The molecule has 5 heteroatoms. The van der Waals surface area contributed by atoms with Gasteiger partial charge in [-0.3, -0.25) is 9.59 Å². The summed E-state index contributed by atoms with van der Waals surface area (Å²) in [5, 5.41) is 0. The van der Waals surface area contributed by atoms with E-state index in [4.69, 9.17) is 14.2 Å². The Labute approximate surface area is 117 Å². The van der Waals surface area contributed by atoms with Gasteiger partial charge in [0.1, 0.15) is 12.0 Å². The fraction of sp³-hybridized carbons (Fsp3) is 0.467. The molecule has 2 atom stereocenters. The Morgan fingerprint density at radius 1 is 1.30 bits per heavy atom. The number of carbonyl (C=O) groups excluding carboxylic acids is 2. The van der Waals surface area contributed by atoms with Crippen LogP contribution in [0.4, 0.5) is 0 Å². The van der Waals surface area contributed by atoms with Crippen molar-refractivity contribution in [2.45, 2.75) is 13.0 Å². The number of rotatable bonds is 5. The van der Waals surface area contributed by atoms with Crippen molar-refractivity contribution < 1.29 is 23.8 Å². The highest BCUT2D eigenvalue weighted by atomic mass is 16.6. The lowest BCUT2D eigenvalue weighted by Crippen LogP contribution is -2.43. The lowest BCUT2D eigenvalue weighted by molar-refractivity contribution is -0.159. The average Bonchev–Trinajstić information content (AvgIpc) is 2.50. The Morgan fingerprint density at radius 2 is 2.05 bits per heavy atom. The van der Waals surface area contributed by atoms with Gasteiger partial charge >= 0.3 is 5.97 Å². The van der Waals surface area contributed by atoms with Crippen molar-refractivity contribution in [3.05, 3.63) is 35.9 Å². The highest BCUT2D eigenvalue weighted by molar-refractivity contribution is 6.09. The number of esters is 1. The van der Waals surface area contributed by atoms with E-state index in [0.717, 1.165) is 0 Å². The molecule has 0 amide bonds. The van der Waals surface area contributed by atoms with E-state index in [9.17, 15) is 9.59 Å². The molecule has 108 valence electrons. The molecule has 1 saturated heterocycles. The van der Waals surface area contributed by atoms with E-state index < -0.39 is 18.0 Å². The van der Waals surface area contributed by atoms with Gasteiger partial charge in [0.25, 0.3) is 0 Å². The highest BCUT2D eigenvalue weighted by Gasteiger charge is 2.38. The molecule has 0 N–H and O–H groups in total. The number of hydrogen-bond acceptors (Lipinski definition) is 5. The van der Waals surface area contributed by atoms with E-state index in [0.29, 0.717) is 18.8 Å². The maximum absolute atomic E-state index is 12.5. The standard InChI is InChI=1S/C15H18O5/c1-2-19-15(17)13(12-10-18-8-9-20-12)14(16)11-6-4-3-5-7-11/h3-7,12-13H,2,8-10H2,1H3. The van der Waals surface area contributed by atoms with Crippen LogP contribution in [-0.2, 0) is 19.0 Å². The van der Waals surface area contributed by atoms with Gasteiger partial charge in [0.2, 0.25) is 0 Å². The Morgan fingerprint density at radius 3 is 2.65 bits per heavy atom. The number of ketones is 1. The summed E-state index contributed by atoms with van der Waals surface area (Å²) in [7, 11) is 0. The average molecular weight is 278 g/mol. The Hall–Kier alpha value is -1.72. The van der Waals surface area contributed by atoms with Gasteiger partial charge in [-0.15, -0.1) is 0 Å². The summed E-state index contributed by atoms with van der Waals surface area (Å²) in [6, 6.07) is 8.69. The number of hydrogen-bond donors (Lipinski definition) is 0. The van der Waals surface area contributed by atoms with E-state index in [1.165, 1.54) is 0 Å². The zero-order valence-corrected chi connectivity index (χ0v) is 11.4. The summed E-state index contributed by atoms with van der Waals surface area (Å²) < 4.78 is 15.8. The minimum absolute atomic E-state index is 0.224. The van der Waals surface area contributed by atoms with Crippen LogP contribution in [0, 0.1) is 5.92 Å². The molecule has 1 aliphatic rings. The maximum atomic E-state index is 12.5. The molecule has 1 heterocycles. The molecule has 5 nitrogen and oxygen atoms in total. The number of benzene rings is 1. The number of Topliss-reactive ketones (excluding diaryl/α,β-unsaturated/α-hetero) is 1. The van der Waals surface area contributed by atoms with Gasteiger partial charge in [-0.2, -0.15) is 0 Å². The van der Waals surface area contributed by atoms with Crippen molar-refractivity contribution in [1.29, 1.82) is 0 Å². The van der Waals surface area contributed by atoms with E-state index in [2.05, 4.69) is 0 Å². The Bertz CT molecular complexity index is 451. The third-order valence-corrected chi connectivity index (χ3v) is 3.09. The molecule has 1 aromatic carbocycles. The van der Waals surface area contributed by atoms with E-state index in [1.54, 1.807) is 31.2 Å². The predicted octanol–water partition coefficient (Wildman–Crippen LogP) is 1.46. The molecule has 0 saturated carbocycles. The topological polar surface area (TPSA) is 61.8 Å². The zero-order valence-electron chi connectivity index (χ0n) is 11.4. The second-order valence-corrected chi connectivity index (χ2v) is 4.44. The Balaban J connectivity index is 2.21. The molecule has 0 aliphatic carbocycles. The summed E-state index contributed by atoms with van der Waals surface area (Å²) in [6.45, 7) is 3.02. The zero-order chi connectivity index (χ0) is 14.4. The van der Waals surface area contributed by atoms with Crippen LogP contribution in [0.15, 0.2) is 30.3 Å². The van der Waals surface area contributed by atoms with Crippen molar-refractivity contribution in [3.8, 4) is 0 Å². The van der Waals surface area contributed by atoms with E-state index >= 15 is 0 Å². The molecule has 1 fully saturated rings. The summed E-state index contributed by atoms with van der Waals surface area (Å²) in [4.78, 5) is 24.6. The van der Waals surface area contributed by atoms with Crippen molar-refractivity contribution in [2.24, 2.45) is 5.92 Å². The molecular weight excluding hydrogens is 260 g/mol. The molecular formula is C15H18O5. The number of ether oxygens (including phenoxy) is 3. The van der Waals surface area contributed by atoms with E-state index in [1.807, 2.05) is 6.07 Å². The van der Waals surface area contributed by atoms with Crippen LogP contribution in [0.25, 0.3) is 0 Å². The van der Waals surface area contributed by atoms with Crippen molar-refractivity contribution in [1.82, 2.24) is 0 Å². The quantitative estimate of drug-likeness (QED) is 0.463. The van der Waals surface area contributed by atoms with Crippen LogP contribution >= 0.6 is 0 Å². The van der Waals surface area contributed by atoms with Crippen LogP contribution in [0.1, 0.15) is 17.3 Å². The van der Waals surface area contributed by atoms with Crippen LogP contribution in [-0.4, -0.2) is 44.3 Å². The Kier molecular flexibility index (Phi) is 5.26. The largest absolute Gasteiger partial charge is 0.465 e. The second-order valence-electron chi connectivity index (χ2n) is 4.44. The molecule has 1 aliphatic heterocycles. The normalized spacial score (nSPS) is 20.1. The predicted molar refractivity (Wildman–Crippen MR) is 71.5 cm³/mol. The molecule has 2 rings (SSSR count). The summed E-state index contributed by atoms with van der Waals surface area (Å²) in [6.07, 6.45) is -0.587. The minimum atomic E-state index is -0.974. The first kappa shape index (κ1) is 14.7. The lowest BCUT2D eigenvalue weighted by Gasteiger charge is -2.28. The van der Waals surface area contributed by atoms with Crippen LogP contribution < -0.4 is 0 Å². The van der Waals surface area contributed by atoms with Crippen molar-refractivity contribution in [2.75, 3.05) is 26.4 Å². The molecule has 20 heavy (non-hydrogen) atoms. The lowest BCUT2D eigenvalue weighted by atomic mass is 9.92. The van der Waals surface area contributed by atoms with Gasteiger partial charge in [0.05, 0.1) is 26.4 Å². The van der Waals surface area contributed by atoms with Gasteiger partial charge < -0.3 is 14.2 Å². The van der Waals surface area contributed by atoms with Crippen molar-refractivity contribution >= 4 is 11.8 Å². The van der Waals surface area contributed by atoms with E-state index in [-0.39, 0.29) is 19.0 Å².